The Morgan fingerprint density at radius 2 is 1.63 bits per heavy atom. The van der Waals surface area contributed by atoms with E-state index in [1.54, 1.807) is 30.3 Å². The summed E-state index contributed by atoms with van der Waals surface area (Å²) in [6, 6.07) is 24.7. The predicted molar refractivity (Wildman–Crippen MR) is 138 cm³/mol. The summed E-state index contributed by atoms with van der Waals surface area (Å²) in [7, 11) is 0. The third kappa shape index (κ3) is 8.12. The van der Waals surface area contributed by atoms with E-state index in [1.807, 2.05) is 42.5 Å². The molecule has 0 bridgehead atoms. The van der Waals surface area contributed by atoms with Crippen LogP contribution in [0, 0.1) is 0 Å². The number of benzene rings is 3. The highest BCUT2D eigenvalue weighted by Gasteiger charge is 2.15. The summed E-state index contributed by atoms with van der Waals surface area (Å²) < 4.78 is 5.78. The maximum atomic E-state index is 12.9. The van der Waals surface area contributed by atoms with Gasteiger partial charge in [0.2, 0.25) is 0 Å². The Morgan fingerprint density at radius 1 is 0.943 bits per heavy atom. The molecule has 3 aromatic rings. The minimum absolute atomic E-state index is 0.0906. The Morgan fingerprint density at radius 3 is 2.26 bits per heavy atom. The van der Waals surface area contributed by atoms with E-state index in [-0.39, 0.29) is 18.8 Å². The second kappa shape index (κ2) is 13.1. The lowest BCUT2D eigenvalue weighted by Crippen LogP contribution is -2.36. The van der Waals surface area contributed by atoms with Gasteiger partial charge in [0, 0.05) is 18.5 Å². The molecule has 0 saturated carbocycles. The molecule has 0 radical (unpaired) electrons. The van der Waals surface area contributed by atoms with E-state index in [2.05, 4.69) is 36.6 Å². The minimum Gasteiger partial charge on any atom is -0.493 e. The van der Waals surface area contributed by atoms with Crippen LogP contribution in [-0.2, 0) is 11.2 Å². The zero-order valence-corrected chi connectivity index (χ0v) is 20.2. The average molecular weight is 473 g/mol. The van der Waals surface area contributed by atoms with E-state index in [4.69, 9.17) is 9.84 Å². The minimum atomic E-state index is -0.471. The molecule has 6 heteroatoms. The van der Waals surface area contributed by atoms with Gasteiger partial charge in [-0.15, -0.1) is 0 Å². The Labute approximate surface area is 206 Å². The van der Waals surface area contributed by atoms with Gasteiger partial charge in [-0.2, -0.15) is 0 Å². The Balaban J connectivity index is 1.66. The van der Waals surface area contributed by atoms with Gasteiger partial charge in [-0.3, -0.25) is 9.59 Å². The molecule has 0 unspecified atom stereocenters. The number of carbonyl (C=O) groups excluding carboxylic acids is 2. The van der Waals surface area contributed by atoms with Crippen molar-refractivity contribution in [1.29, 1.82) is 0 Å². The van der Waals surface area contributed by atoms with Crippen molar-refractivity contribution in [1.82, 2.24) is 10.6 Å². The lowest BCUT2D eigenvalue weighted by Gasteiger charge is -2.12. The molecule has 3 aromatic carbocycles. The Bertz CT molecular complexity index is 1120. The maximum absolute atomic E-state index is 12.9. The van der Waals surface area contributed by atoms with Gasteiger partial charge in [0.25, 0.3) is 11.8 Å². The van der Waals surface area contributed by atoms with Crippen LogP contribution < -0.4 is 15.4 Å². The molecule has 2 amide bonds. The van der Waals surface area contributed by atoms with Gasteiger partial charge in [0.1, 0.15) is 11.4 Å². The molecule has 35 heavy (non-hydrogen) atoms. The first-order valence-corrected chi connectivity index (χ1v) is 11.7. The summed E-state index contributed by atoms with van der Waals surface area (Å²) in [5.74, 6) is 0.177. The molecule has 0 saturated heterocycles. The van der Waals surface area contributed by atoms with Gasteiger partial charge < -0.3 is 20.5 Å². The number of amides is 2. The van der Waals surface area contributed by atoms with Crippen LogP contribution in [-0.4, -0.2) is 36.7 Å². The molecular weight excluding hydrogens is 440 g/mol. The van der Waals surface area contributed by atoms with Gasteiger partial charge in [0.05, 0.1) is 13.2 Å². The van der Waals surface area contributed by atoms with Crippen molar-refractivity contribution in [2.24, 2.45) is 0 Å². The quantitative estimate of drug-likeness (QED) is 0.363. The largest absolute Gasteiger partial charge is 0.493 e. The summed E-state index contributed by atoms with van der Waals surface area (Å²) in [4.78, 5) is 25.5. The number of aliphatic hydroxyl groups is 1. The van der Waals surface area contributed by atoms with E-state index < -0.39 is 11.8 Å². The lowest BCUT2D eigenvalue weighted by atomic mass is 10.0. The fourth-order valence-electron chi connectivity index (χ4n) is 3.40. The highest BCUT2D eigenvalue weighted by atomic mass is 16.5. The van der Waals surface area contributed by atoms with Crippen LogP contribution in [0.1, 0.15) is 46.8 Å². The van der Waals surface area contributed by atoms with Crippen molar-refractivity contribution in [3.8, 4) is 5.75 Å². The van der Waals surface area contributed by atoms with Crippen LogP contribution in [0.5, 0.6) is 5.75 Å². The Hall–Kier alpha value is -3.90. The first-order chi connectivity index (χ1) is 17.0. The van der Waals surface area contributed by atoms with Crippen molar-refractivity contribution < 1.29 is 19.4 Å². The fraction of sp³-hybridized carbons (Fsp3) is 0.241. The molecule has 0 aliphatic carbocycles. The van der Waals surface area contributed by atoms with Gasteiger partial charge in [-0.25, -0.2) is 0 Å². The highest BCUT2D eigenvalue weighted by molar-refractivity contribution is 6.05. The van der Waals surface area contributed by atoms with Crippen LogP contribution >= 0.6 is 0 Å². The highest BCUT2D eigenvalue weighted by Crippen LogP contribution is 2.17. The first kappa shape index (κ1) is 25.7. The van der Waals surface area contributed by atoms with E-state index >= 15 is 0 Å². The van der Waals surface area contributed by atoms with E-state index in [0.29, 0.717) is 23.8 Å². The number of hydrogen-bond acceptors (Lipinski definition) is 4. The molecule has 6 nitrogen and oxygen atoms in total. The summed E-state index contributed by atoms with van der Waals surface area (Å²) >= 11 is 0. The first-order valence-electron chi connectivity index (χ1n) is 11.7. The number of aliphatic hydroxyl groups excluding tert-OH is 1. The maximum Gasteiger partial charge on any atom is 0.267 e. The molecule has 0 aromatic heterocycles. The molecule has 0 atom stereocenters. The lowest BCUT2D eigenvalue weighted by molar-refractivity contribution is -0.117. The molecular formula is C29H32N2O4. The molecule has 3 N–H and O–H groups in total. The molecule has 0 spiro atoms. The van der Waals surface area contributed by atoms with Crippen LogP contribution in [0.15, 0.2) is 84.6 Å². The second-order valence-corrected chi connectivity index (χ2v) is 8.42. The van der Waals surface area contributed by atoms with E-state index in [1.165, 1.54) is 11.1 Å². The normalized spacial score (nSPS) is 11.3. The van der Waals surface area contributed by atoms with Crippen molar-refractivity contribution >= 4 is 17.9 Å². The molecule has 0 aliphatic rings. The van der Waals surface area contributed by atoms with Crippen molar-refractivity contribution in [3.05, 3.63) is 107 Å². The van der Waals surface area contributed by atoms with Crippen LogP contribution in [0.4, 0.5) is 0 Å². The van der Waals surface area contributed by atoms with Gasteiger partial charge >= 0.3 is 0 Å². The topological polar surface area (TPSA) is 87.7 Å². The summed E-state index contributed by atoms with van der Waals surface area (Å²) in [6.45, 7) is 4.65. The average Bonchev–Trinajstić information content (AvgIpc) is 2.88. The summed E-state index contributed by atoms with van der Waals surface area (Å²) in [5, 5.41) is 14.3. The van der Waals surface area contributed by atoms with Crippen molar-refractivity contribution in [2.75, 3.05) is 19.8 Å². The van der Waals surface area contributed by atoms with Crippen molar-refractivity contribution in [3.63, 3.8) is 0 Å². The van der Waals surface area contributed by atoms with Gasteiger partial charge in [0.15, 0.2) is 0 Å². The molecule has 0 aliphatic heterocycles. The third-order valence-corrected chi connectivity index (χ3v) is 5.42. The van der Waals surface area contributed by atoms with E-state index in [9.17, 15) is 9.59 Å². The fourth-order valence-corrected chi connectivity index (χ4v) is 3.40. The summed E-state index contributed by atoms with van der Waals surface area (Å²) in [5.41, 5.74) is 3.66. The number of hydrogen-bond donors (Lipinski definition) is 3. The van der Waals surface area contributed by atoms with Gasteiger partial charge in [-0.1, -0.05) is 68.4 Å². The number of ether oxygens (including phenoxy) is 1. The SMILES string of the molecule is CC(C)c1ccc(/C=C(\NC(=O)c2ccc(OCCc3ccccc3)cc2)C(=O)NCCO)cc1. The van der Waals surface area contributed by atoms with Crippen LogP contribution in [0.25, 0.3) is 6.08 Å². The summed E-state index contributed by atoms with van der Waals surface area (Å²) in [6.07, 6.45) is 2.41. The standard InChI is InChI=1S/C29H32N2O4/c1-21(2)24-10-8-23(9-11-24)20-27(29(34)30-17-18-32)31-28(33)25-12-14-26(15-13-25)35-19-16-22-6-4-3-5-7-22/h3-15,20-21,32H,16-19H2,1-2H3,(H,30,34)(H,31,33)/b27-20-. The number of rotatable bonds is 11. The molecule has 3 rings (SSSR count). The van der Waals surface area contributed by atoms with E-state index in [0.717, 1.165) is 12.0 Å². The van der Waals surface area contributed by atoms with Crippen LogP contribution in [0.3, 0.4) is 0 Å². The predicted octanol–water partition coefficient (Wildman–Crippen LogP) is 4.31. The molecule has 0 heterocycles. The zero-order valence-electron chi connectivity index (χ0n) is 20.2. The zero-order chi connectivity index (χ0) is 25.0. The smallest absolute Gasteiger partial charge is 0.267 e. The van der Waals surface area contributed by atoms with Crippen molar-refractivity contribution in [2.45, 2.75) is 26.2 Å². The monoisotopic (exact) mass is 472 g/mol. The number of carbonyl (C=O) groups is 2. The third-order valence-electron chi connectivity index (χ3n) is 5.42. The number of nitrogens with one attached hydrogen (secondary N) is 2. The Kier molecular flexibility index (Phi) is 9.63. The molecule has 0 fully saturated rings. The second-order valence-electron chi connectivity index (χ2n) is 8.42. The van der Waals surface area contributed by atoms with Gasteiger partial charge in [-0.05, 0) is 52.9 Å². The molecule has 182 valence electrons. The van der Waals surface area contributed by atoms with Crippen LogP contribution in [0.2, 0.25) is 0 Å².